The van der Waals surface area contributed by atoms with Crippen LogP contribution in [0.4, 0.5) is 5.69 Å². The molecule has 3 rings (SSSR count). The lowest BCUT2D eigenvalue weighted by atomic mass is 10.2. The molecule has 2 heterocycles. The third-order valence-electron chi connectivity index (χ3n) is 4.61. The van der Waals surface area contributed by atoms with E-state index in [1.165, 1.54) is 10.6 Å². The van der Waals surface area contributed by atoms with E-state index in [1.807, 2.05) is 13.0 Å². The number of amides is 1. The summed E-state index contributed by atoms with van der Waals surface area (Å²) >= 11 is 1.74. The Morgan fingerprint density at radius 1 is 1.12 bits per heavy atom. The standard InChI is InChI=1S/C19H25N3OS/c1-16(19(23)20-10-9-18-8-5-15-24-18)21-11-13-22(14-12-21)17-6-3-2-4-7-17/h2-8,15-16H,9-14H2,1H3,(H,20,23). The molecule has 5 heteroatoms. The fourth-order valence-corrected chi connectivity index (χ4v) is 3.79. The van der Waals surface area contributed by atoms with Crippen molar-refractivity contribution in [1.82, 2.24) is 10.2 Å². The van der Waals surface area contributed by atoms with Crippen molar-refractivity contribution in [3.05, 3.63) is 52.7 Å². The second kappa shape index (κ2) is 8.31. The molecule has 2 aromatic rings. The zero-order valence-electron chi connectivity index (χ0n) is 14.1. The van der Waals surface area contributed by atoms with E-state index in [9.17, 15) is 4.79 Å². The molecule has 0 bridgehead atoms. The summed E-state index contributed by atoms with van der Waals surface area (Å²) < 4.78 is 0. The maximum absolute atomic E-state index is 12.4. The quantitative estimate of drug-likeness (QED) is 0.876. The molecule has 1 aromatic heterocycles. The first-order valence-electron chi connectivity index (χ1n) is 8.58. The van der Waals surface area contributed by atoms with Crippen molar-refractivity contribution in [2.75, 3.05) is 37.6 Å². The minimum absolute atomic E-state index is 0.0636. The summed E-state index contributed by atoms with van der Waals surface area (Å²) in [6, 6.07) is 14.6. The molecule has 0 aliphatic carbocycles. The number of nitrogens with one attached hydrogen (secondary N) is 1. The highest BCUT2D eigenvalue weighted by Gasteiger charge is 2.25. The number of hydrogen-bond donors (Lipinski definition) is 1. The van der Waals surface area contributed by atoms with Gasteiger partial charge in [-0.1, -0.05) is 24.3 Å². The summed E-state index contributed by atoms with van der Waals surface area (Å²) in [4.78, 5) is 18.3. The Balaban J connectivity index is 1.42. The molecule has 1 amide bonds. The van der Waals surface area contributed by atoms with Gasteiger partial charge in [0.1, 0.15) is 0 Å². The molecule has 0 radical (unpaired) electrons. The topological polar surface area (TPSA) is 35.6 Å². The molecular formula is C19H25N3OS. The largest absolute Gasteiger partial charge is 0.369 e. The Kier molecular flexibility index (Phi) is 5.88. The van der Waals surface area contributed by atoms with E-state index in [4.69, 9.17) is 0 Å². The predicted octanol–water partition coefficient (Wildman–Crippen LogP) is 2.62. The molecule has 1 saturated heterocycles. The van der Waals surface area contributed by atoms with Crippen LogP contribution >= 0.6 is 11.3 Å². The number of benzene rings is 1. The van der Waals surface area contributed by atoms with Gasteiger partial charge in [0.2, 0.25) is 5.91 Å². The second-order valence-corrected chi connectivity index (χ2v) is 7.19. The van der Waals surface area contributed by atoms with Crippen LogP contribution < -0.4 is 10.2 Å². The van der Waals surface area contributed by atoms with Crippen molar-refractivity contribution in [3.63, 3.8) is 0 Å². The van der Waals surface area contributed by atoms with Crippen molar-refractivity contribution in [3.8, 4) is 0 Å². The fourth-order valence-electron chi connectivity index (χ4n) is 3.08. The van der Waals surface area contributed by atoms with Crippen molar-refractivity contribution >= 4 is 22.9 Å². The first-order chi connectivity index (χ1) is 11.7. The number of nitrogens with zero attached hydrogens (tertiary/aromatic N) is 2. The van der Waals surface area contributed by atoms with Crippen molar-refractivity contribution in [2.45, 2.75) is 19.4 Å². The molecule has 1 fully saturated rings. The first kappa shape index (κ1) is 17.0. The number of carbonyl (C=O) groups excluding carboxylic acids is 1. The number of thiophene rings is 1. The molecule has 128 valence electrons. The number of piperazine rings is 1. The SMILES string of the molecule is CC(C(=O)NCCc1cccs1)N1CCN(c2ccccc2)CC1. The molecule has 1 aliphatic heterocycles. The lowest BCUT2D eigenvalue weighted by molar-refractivity contribution is -0.125. The molecule has 0 spiro atoms. The monoisotopic (exact) mass is 343 g/mol. The van der Waals surface area contributed by atoms with Gasteiger partial charge >= 0.3 is 0 Å². The second-order valence-electron chi connectivity index (χ2n) is 6.15. The lowest BCUT2D eigenvalue weighted by Gasteiger charge is -2.38. The van der Waals surface area contributed by atoms with Crippen LogP contribution in [0.25, 0.3) is 0 Å². The highest BCUT2D eigenvalue weighted by Crippen LogP contribution is 2.16. The summed E-state index contributed by atoms with van der Waals surface area (Å²) in [7, 11) is 0. The third kappa shape index (κ3) is 4.36. The fraction of sp³-hybridized carbons (Fsp3) is 0.421. The van der Waals surface area contributed by atoms with Gasteiger partial charge in [-0.15, -0.1) is 11.3 Å². The molecule has 1 aromatic carbocycles. The Morgan fingerprint density at radius 2 is 1.88 bits per heavy atom. The van der Waals surface area contributed by atoms with Gasteiger partial charge in [0.15, 0.2) is 0 Å². The van der Waals surface area contributed by atoms with E-state index in [0.29, 0.717) is 6.54 Å². The van der Waals surface area contributed by atoms with E-state index in [0.717, 1.165) is 32.6 Å². The molecule has 1 N–H and O–H groups in total. The molecule has 24 heavy (non-hydrogen) atoms. The molecule has 1 aliphatic rings. The van der Waals surface area contributed by atoms with Crippen LogP contribution in [0.2, 0.25) is 0 Å². The summed E-state index contributed by atoms with van der Waals surface area (Å²) in [5, 5.41) is 5.15. The highest BCUT2D eigenvalue weighted by molar-refractivity contribution is 7.09. The Morgan fingerprint density at radius 3 is 2.54 bits per heavy atom. The number of hydrogen-bond acceptors (Lipinski definition) is 4. The van der Waals surface area contributed by atoms with E-state index >= 15 is 0 Å². The highest BCUT2D eigenvalue weighted by atomic mass is 32.1. The predicted molar refractivity (Wildman–Crippen MR) is 101 cm³/mol. The Bertz CT molecular complexity index is 621. The van der Waals surface area contributed by atoms with Gasteiger partial charge in [0, 0.05) is 43.3 Å². The van der Waals surface area contributed by atoms with Crippen LogP contribution in [-0.2, 0) is 11.2 Å². The van der Waals surface area contributed by atoms with Gasteiger partial charge in [0.05, 0.1) is 6.04 Å². The smallest absolute Gasteiger partial charge is 0.237 e. The average Bonchev–Trinajstić information content (AvgIpc) is 3.15. The van der Waals surface area contributed by atoms with E-state index in [2.05, 4.69) is 56.9 Å². The van der Waals surface area contributed by atoms with E-state index in [1.54, 1.807) is 11.3 Å². The van der Waals surface area contributed by atoms with Crippen LogP contribution in [0.1, 0.15) is 11.8 Å². The van der Waals surface area contributed by atoms with Crippen LogP contribution in [0.3, 0.4) is 0 Å². The van der Waals surface area contributed by atoms with Crippen LogP contribution in [0.15, 0.2) is 47.8 Å². The number of anilines is 1. The summed E-state index contributed by atoms with van der Waals surface area (Å²) in [6.07, 6.45) is 0.915. The maximum atomic E-state index is 12.4. The lowest BCUT2D eigenvalue weighted by Crippen LogP contribution is -2.54. The van der Waals surface area contributed by atoms with Crippen molar-refractivity contribution < 1.29 is 4.79 Å². The van der Waals surface area contributed by atoms with Gasteiger partial charge in [-0.05, 0) is 36.9 Å². The van der Waals surface area contributed by atoms with Crippen LogP contribution in [-0.4, -0.2) is 49.6 Å². The number of carbonyl (C=O) groups is 1. The normalized spacial score (nSPS) is 16.8. The van der Waals surface area contributed by atoms with E-state index < -0.39 is 0 Å². The van der Waals surface area contributed by atoms with Gasteiger partial charge in [-0.3, -0.25) is 9.69 Å². The molecule has 0 saturated carbocycles. The molecule has 1 atom stereocenters. The minimum Gasteiger partial charge on any atom is -0.369 e. The van der Waals surface area contributed by atoms with Gasteiger partial charge in [-0.2, -0.15) is 0 Å². The molecule has 1 unspecified atom stereocenters. The number of rotatable bonds is 6. The van der Waals surface area contributed by atoms with Gasteiger partial charge in [-0.25, -0.2) is 0 Å². The third-order valence-corrected chi connectivity index (χ3v) is 5.55. The minimum atomic E-state index is -0.0636. The zero-order chi connectivity index (χ0) is 16.8. The van der Waals surface area contributed by atoms with Crippen LogP contribution in [0, 0.1) is 0 Å². The first-order valence-corrected chi connectivity index (χ1v) is 9.46. The summed E-state index contributed by atoms with van der Waals surface area (Å²) in [5.41, 5.74) is 1.27. The molecule has 4 nitrogen and oxygen atoms in total. The van der Waals surface area contributed by atoms with E-state index in [-0.39, 0.29) is 11.9 Å². The Labute approximate surface area is 148 Å². The Hall–Kier alpha value is -1.85. The summed E-state index contributed by atoms with van der Waals surface area (Å²) in [5.74, 6) is 0.139. The molecular weight excluding hydrogens is 318 g/mol. The van der Waals surface area contributed by atoms with Gasteiger partial charge in [0.25, 0.3) is 0 Å². The average molecular weight is 343 g/mol. The van der Waals surface area contributed by atoms with Crippen molar-refractivity contribution in [1.29, 1.82) is 0 Å². The zero-order valence-corrected chi connectivity index (χ0v) is 15.0. The van der Waals surface area contributed by atoms with Crippen LogP contribution in [0.5, 0.6) is 0 Å². The van der Waals surface area contributed by atoms with Crippen molar-refractivity contribution in [2.24, 2.45) is 0 Å². The maximum Gasteiger partial charge on any atom is 0.237 e. The van der Waals surface area contributed by atoms with Gasteiger partial charge < -0.3 is 10.2 Å². The number of para-hydroxylation sites is 1. The summed E-state index contributed by atoms with van der Waals surface area (Å²) in [6.45, 7) is 6.52.